The van der Waals surface area contributed by atoms with E-state index in [4.69, 9.17) is 37.4 Å². The Labute approximate surface area is 232 Å². The summed E-state index contributed by atoms with van der Waals surface area (Å²) in [5.41, 5.74) is 2.48. The van der Waals surface area contributed by atoms with E-state index in [-0.39, 0.29) is 24.8 Å². The lowest BCUT2D eigenvalue weighted by atomic mass is 10.2. The first-order valence-electron chi connectivity index (χ1n) is 12.6. The van der Waals surface area contributed by atoms with Gasteiger partial charge in [-0.05, 0) is 73.4 Å². The molecule has 0 bridgehead atoms. The van der Waals surface area contributed by atoms with Crippen molar-refractivity contribution in [1.82, 2.24) is 0 Å². The Kier molecular flexibility index (Phi) is 9.73. The number of halogens is 2. The van der Waals surface area contributed by atoms with Gasteiger partial charge in [0.15, 0.2) is 6.61 Å². The maximum absolute atomic E-state index is 12.6. The molecular formula is C29H30Cl2N2O5. The lowest BCUT2D eigenvalue weighted by Gasteiger charge is -2.30. The van der Waals surface area contributed by atoms with Crippen molar-refractivity contribution in [1.29, 1.82) is 0 Å². The van der Waals surface area contributed by atoms with Crippen LogP contribution < -0.4 is 24.4 Å². The average molecular weight is 557 g/mol. The van der Waals surface area contributed by atoms with E-state index in [1.165, 1.54) is 5.56 Å². The largest absolute Gasteiger partial charge is 0.494 e. The molecule has 1 N–H and O–H groups in total. The van der Waals surface area contributed by atoms with Crippen LogP contribution in [0.4, 0.5) is 11.4 Å². The van der Waals surface area contributed by atoms with Crippen molar-refractivity contribution in [2.75, 3.05) is 36.6 Å². The number of amides is 2. The zero-order valence-corrected chi connectivity index (χ0v) is 22.7. The Morgan fingerprint density at radius 1 is 1.00 bits per heavy atom. The number of hydrogen-bond acceptors (Lipinski definition) is 5. The van der Waals surface area contributed by atoms with Crippen LogP contribution in [0.5, 0.6) is 17.2 Å². The number of rotatable bonds is 12. The average Bonchev–Trinajstić information content (AvgIpc) is 2.91. The molecule has 0 fully saturated rings. The summed E-state index contributed by atoms with van der Waals surface area (Å²) in [6.45, 7) is 3.38. The number of nitrogens with zero attached hydrogens (tertiary/aromatic N) is 1. The van der Waals surface area contributed by atoms with Gasteiger partial charge in [-0.2, -0.15) is 0 Å². The third-order valence-electron chi connectivity index (χ3n) is 6.01. The molecule has 0 aromatic heterocycles. The number of ether oxygens (including phenoxy) is 3. The fraction of sp³-hybridized carbons (Fsp3) is 0.310. The van der Waals surface area contributed by atoms with Gasteiger partial charge in [0.2, 0.25) is 5.91 Å². The molecule has 4 rings (SSSR count). The van der Waals surface area contributed by atoms with Crippen LogP contribution >= 0.6 is 23.2 Å². The van der Waals surface area contributed by atoms with Crippen molar-refractivity contribution in [2.45, 2.75) is 32.6 Å². The molecule has 1 aliphatic heterocycles. The minimum Gasteiger partial charge on any atom is -0.494 e. The third-order valence-corrected chi connectivity index (χ3v) is 6.54. The molecule has 9 heteroatoms. The van der Waals surface area contributed by atoms with Crippen molar-refractivity contribution in [2.24, 2.45) is 0 Å². The second-order valence-corrected chi connectivity index (χ2v) is 9.63. The fourth-order valence-electron chi connectivity index (χ4n) is 3.99. The maximum atomic E-state index is 12.6. The quantitative estimate of drug-likeness (QED) is 0.256. The molecule has 1 aliphatic rings. The third kappa shape index (κ3) is 7.55. The van der Waals surface area contributed by atoms with Gasteiger partial charge < -0.3 is 24.4 Å². The second kappa shape index (κ2) is 13.4. The first kappa shape index (κ1) is 27.6. The minimum absolute atomic E-state index is 0.0182. The zero-order chi connectivity index (χ0) is 26.9. The van der Waals surface area contributed by atoms with Gasteiger partial charge in [-0.15, -0.1) is 0 Å². The molecule has 2 amide bonds. The van der Waals surface area contributed by atoms with Crippen LogP contribution in [-0.4, -0.2) is 38.2 Å². The molecule has 0 radical (unpaired) electrons. The molecule has 7 nitrogen and oxygen atoms in total. The van der Waals surface area contributed by atoms with Gasteiger partial charge in [-0.25, -0.2) is 0 Å². The number of hydrogen-bond donors (Lipinski definition) is 1. The van der Waals surface area contributed by atoms with Gasteiger partial charge >= 0.3 is 0 Å². The van der Waals surface area contributed by atoms with Crippen LogP contribution in [0.3, 0.4) is 0 Å². The van der Waals surface area contributed by atoms with Crippen molar-refractivity contribution < 1.29 is 23.8 Å². The highest BCUT2D eigenvalue weighted by atomic mass is 35.5. The predicted octanol–water partition coefficient (Wildman–Crippen LogP) is 6.55. The van der Waals surface area contributed by atoms with Gasteiger partial charge in [0.1, 0.15) is 17.2 Å². The normalized spacial score (nSPS) is 12.5. The van der Waals surface area contributed by atoms with Gasteiger partial charge in [0.05, 0.1) is 23.9 Å². The van der Waals surface area contributed by atoms with Crippen molar-refractivity contribution in [3.63, 3.8) is 0 Å². The molecule has 3 aromatic carbocycles. The highest BCUT2D eigenvalue weighted by Crippen LogP contribution is 2.35. The number of nitrogens with one attached hydrogen (secondary N) is 1. The molecular weight excluding hydrogens is 527 g/mol. The lowest BCUT2D eigenvalue weighted by molar-refractivity contribution is -0.121. The van der Waals surface area contributed by atoms with E-state index in [0.717, 1.165) is 12.2 Å². The zero-order valence-electron chi connectivity index (χ0n) is 21.2. The number of benzene rings is 3. The molecule has 0 aliphatic carbocycles. The molecule has 200 valence electrons. The number of anilines is 2. The van der Waals surface area contributed by atoms with Gasteiger partial charge in [0, 0.05) is 23.7 Å². The van der Waals surface area contributed by atoms with Crippen LogP contribution in [0.1, 0.15) is 31.7 Å². The Morgan fingerprint density at radius 2 is 1.79 bits per heavy atom. The summed E-state index contributed by atoms with van der Waals surface area (Å²) in [4.78, 5) is 26.8. The highest BCUT2D eigenvalue weighted by molar-refractivity contribution is 6.35. The van der Waals surface area contributed by atoms with Crippen LogP contribution in [0.25, 0.3) is 0 Å². The summed E-state index contributed by atoms with van der Waals surface area (Å²) in [6.07, 6.45) is 2.40. The van der Waals surface area contributed by atoms with Crippen LogP contribution in [0, 0.1) is 0 Å². The Bertz CT molecular complexity index is 1270. The summed E-state index contributed by atoms with van der Waals surface area (Å²) in [5, 5.41) is 3.84. The Balaban J connectivity index is 1.26. The molecule has 0 unspecified atom stereocenters. The van der Waals surface area contributed by atoms with Crippen LogP contribution in [-0.2, 0) is 16.0 Å². The number of aryl methyl sites for hydroxylation is 1. The first-order chi connectivity index (χ1) is 18.4. The second-order valence-electron chi connectivity index (χ2n) is 8.79. The van der Waals surface area contributed by atoms with Crippen molar-refractivity contribution in [3.8, 4) is 17.2 Å². The summed E-state index contributed by atoms with van der Waals surface area (Å²) in [5.74, 6) is 1.64. The number of carbonyl (C=O) groups excluding carboxylic acids is 2. The predicted molar refractivity (Wildman–Crippen MR) is 150 cm³/mol. The summed E-state index contributed by atoms with van der Waals surface area (Å²) in [6, 6.07) is 18.3. The Morgan fingerprint density at radius 3 is 2.55 bits per heavy atom. The minimum atomic E-state index is -0.159. The maximum Gasteiger partial charge on any atom is 0.265 e. The van der Waals surface area contributed by atoms with E-state index >= 15 is 0 Å². The summed E-state index contributed by atoms with van der Waals surface area (Å²) >= 11 is 12.0. The van der Waals surface area contributed by atoms with E-state index in [1.807, 2.05) is 12.1 Å². The monoisotopic (exact) mass is 556 g/mol. The number of carbonyl (C=O) groups is 2. The summed E-state index contributed by atoms with van der Waals surface area (Å²) in [7, 11) is 0. The SMILES string of the molecule is CCc1ccc(OCCCN2C(=O)COc3ccc(NC(=O)CCCOc4ccc(Cl)cc4Cl)cc32)cc1. The topological polar surface area (TPSA) is 77.1 Å². The molecule has 1 heterocycles. The summed E-state index contributed by atoms with van der Waals surface area (Å²) < 4.78 is 17.1. The first-order valence-corrected chi connectivity index (χ1v) is 13.3. The van der Waals surface area contributed by atoms with Crippen molar-refractivity contribution in [3.05, 3.63) is 76.3 Å². The Hall–Kier alpha value is -3.42. The lowest BCUT2D eigenvalue weighted by Crippen LogP contribution is -2.39. The van der Waals surface area contributed by atoms with E-state index < -0.39 is 0 Å². The van der Waals surface area contributed by atoms with Crippen LogP contribution in [0.15, 0.2) is 60.7 Å². The molecule has 3 aromatic rings. The van der Waals surface area contributed by atoms with E-state index in [1.54, 1.807) is 41.3 Å². The van der Waals surface area contributed by atoms with E-state index in [2.05, 4.69) is 24.4 Å². The molecule has 0 atom stereocenters. The standard InChI is InChI=1S/C29H30Cl2N2O5/c1-2-20-6-10-23(11-7-20)36-16-4-14-33-25-18-22(9-13-27(25)38-19-29(33)35)32-28(34)5-3-15-37-26-12-8-21(30)17-24(26)31/h6-13,17-18H,2-5,14-16,19H2,1H3,(H,32,34). The van der Waals surface area contributed by atoms with E-state index in [9.17, 15) is 9.59 Å². The molecule has 0 spiro atoms. The van der Waals surface area contributed by atoms with Gasteiger partial charge in [-0.1, -0.05) is 42.3 Å². The molecule has 0 saturated carbocycles. The number of fused-ring (bicyclic) bond motifs is 1. The molecule has 38 heavy (non-hydrogen) atoms. The fourth-order valence-corrected chi connectivity index (χ4v) is 4.45. The van der Waals surface area contributed by atoms with Gasteiger partial charge in [0.25, 0.3) is 5.91 Å². The van der Waals surface area contributed by atoms with Gasteiger partial charge in [-0.3, -0.25) is 9.59 Å². The van der Waals surface area contributed by atoms with Crippen LogP contribution in [0.2, 0.25) is 10.0 Å². The van der Waals surface area contributed by atoms with E-state index in [0.29, 0.717) is 65.5 Å². The highest BCUT2D eigenvalue weighted by Gasteiger charge is 2.25. The molecule has 0 saturated heterocycles. The smallest absolute Gasteiger partial charge is 0.265 e. The van der Waals surface area contributed by atoms with Crippen molar-refractivity contribution >= 4 is 46.4 Å².